The monoisotopic (exact) mass is 555 g/mol. The zero-order valence-electron chi connectivity index (χ0n) is 24.7. The van der Waals surface area contributed by atoms with Gasteiger partial charge in [-0.1, -0.05) is 45.1 Å². The average Bonchev–Trinajstić information content (AvgIpc) is 2.89. The summed E-state index contributed by atoms with van der Waals surface area (Å²) in [5, 5.41) is 15.6. The van der Waals surface area contributed by atoms with Crippen molar-refractivity contribution in [1.82, 2.24) is 10.2 Å². The Labute approximate surface area is 238 Å². The molecule has 0 heterocycles. The quantitative estimate of drug-likeness (QED) is 0.242. The van der Waals surface area contributed by atoms with Crippen molar-refractivity contribution in [3.8, 4) is 11.5 Å². The van der Waals surface area contributed by atoms with E-state index in [1.807, 2.05) is 0 Å². The van der Waals surface area contributed by atoms with Crippen LogP contribution in [0.1, 0.15) is 83.4 Å². The summed E-state index contributed by atoms with van der Waals surface area (Å²) in [6.45, 7) is 9.12. The molecule has 40 heavy (non-hydrogen) atoms. The summed E-state index contributed by atoms with van der Waals surface area (Å²) in [6.07, 6.45) is 5.34. The molecule has 0 radical (unpaired) electrons. The number of nitrogens with zero attached hydrogens (tertiary/aromatic N) is 1. The molecule has 220 valence electrons. The van der Waals surface area contributed by atoms with Crippen molar-refractivity contribution >= 4 is 23.6 Å². The van der Waals surface area contributed by atoms with E-state index in [4.69, 9.17) is 9.47 Å². The number of amides is 3. The maximum Gasteiger partial charge on any atom is 0.408 e. The summed E-state index contributed by atoms with van der Waals surface area (Å²) in [6, 6.07) is 10.8. The number of anilines is 1. The molecule has 9 nitrogen and oxygen atoms in total. The molecule has 3 amide bonds. The number of hydrogen-bond acceptors (Lipinski definition) is 6. The van der Waals surface area contributed by atoms with E-state index in [-0.39, 0.29) is 12.3 Å². The van der Waals surface area contributed by atoms with Crippen molar-refractivity contribution < 1.29 is 29.0 Å². The number of unbranched alkanes of at least 4 members (excludes halogenated alkanes) is 5. The molecule has 0 aliphatic carbocycles. The first-order valence-electron chi connectivity index (χ1n) is 14.0. The highest BCUT2D eigenvalue weighted by Gasteiger charge is 2.32. The van der Waals surface area contributed by atoms with Crippen molar-refractivity contribution in [2.45, 2.75) is 84.8 Å². The van der Waals surface area contributed by atoms with Crippen LogP contribution in [0, 0.1) is 6.92 Å². The summed E-state index contributed by atoms with van der Waals surface area (Å²) in [5.41, 5.74) is 0.969. The number of phenolic OH excluding ortho intramolecular Hbond substituents is 1. The largest absolute Gasteiger partial charge is 0.508 e. The molecule has 9 heteroatoms. The Kier molecular flexibility index (Phi) is 12.8. The van der Waals surface area contributed by atoms with Crippen LogP contribution < -0.4 is 15.4 Å². The van der Waals surface area contributed by atoms with Gasteiger partial charge in [0.25, 0.3) is 5.91 Å². The Hall–Kier alpha value is -3.75. The van der Waals surface area contributed by atoms with Crippen LogP contribution >= 0.6 is 0 Å². The van der Waals surface area contributed by atoms with Gasteiger partial charge in [-0.15, -0.1) is 0 Å². The van der Waals surface area contributed by atoms with E-state index in [0.29, 0.717) is 35.5 Å². The third kappa shape index (κ3) is 10.8. The van der Waals surface area contributed by atoms with Crippen molar-refractivity contribution in [2.75, 3.05) is 25.5 Å². The third-order valence-corrected chi connectivity index (χ3v) is 6.31. The highest BCUT2D eigenvalue weighted by molar-refractivity contribution is 5.98. The van der Waals surface area contributed by atoms with Crippen LogP contribution in [0.25, 0.3) is 0 Å². The summed E-state index contributed by atoms with van der Waals surface area (Å²) >= 11 is 0. The number of phenols is 1. The summed E-state index contributed by atoms with van der Waals surface area (Å²) in [4.78, 5) is 41.2. The SMILES string of the molecule is CCCCCCCCN(C(=O)CNC(=O)OC(C)(C)C)C(C(=O)Nc1ccc(OC)cc1)c1ccc(O)c(C)c1. The van der Waals surface area contributed by atoms with Crippen LogP contribution in [-0.2, 0) is 14.3 Å². The van der Waals surface area contributed by atoms with Crippen LogP contribution in [0.3, 0.4) is 0 Å². The van der Waals surface area contributed by atoms with Gasteiger partial charge in [-0.25, -0.2) is 4.79 Å². The molecule has 0 fully saturated rings. The average molecular weight is 556 g/mol. The fourth-order valence-electron chi connectivity index (χ4n) is 4.23. The highest BCUT2D eigenvalue weighted by Crippen LogP contribution is 2.28. The number of aryl methyl sites for hydroxylation is 1. The second-order valence-electron chi connectivity index (χ2n) is 10.9. The molecule has 2 aromatic carbocycles. The highest BCUT2D eigenvalue weighted by atomic mass is 16.6. The van der Waals surface area contributed by atoms with Gasteiger partial charge in [0.1, 0.15) is 29.7 Å². The lowest BCUT2D eigenvalue weighted by Crippen LogP contribution is -2.47. The van der Waals surface area contributed by atoms with Crippen molar-refractivity contribution in [2.24, 2.45) is 0 Å². The van der Waals surface area contributed by atoms with Gasteiger partial charge in [0.2, 0.25) is 5.91 Å². The van der Waals surface area contributed by atoms with E-state index < -0.39 is 29.6 Å². The van der Waals surface area contributed by atoms with E-state index in [1.165, 1.54) is 11.0 Å². The number of nitrogens with one attached hydrogen (secondary N) is 2. The number of hydrogen-bond donors (Lipinski definition) is 3. The lowest BCUT2D eigenvalue weighted by Gasteiger charge is -2.32. The van der Waals surface area contributed by atoms with Gasteiger partial charge >= 0.3 is 6.09 Å². The van der Waals surface area contributed by atoms with Gasteiger partial charge in [0.15, 0.2) is 0 Å². The molecule has 0 aliphatic rings. The lowest BCUT2D eigenvalue weighted by atomic mass is 10.00. The minimum Gasteiger partial charge on any atom is -0.508 e. The zero-order valence-corrected chi connectivity index (χ0v) is 24.7. The topological polar surface area (TPSA) is 117 Å². The number of methoxy groups -OCH3 is 1. The first-order chi connectivity index (χ1) is 18.9. The zero-order chi connectivity index (χ0) is 29.7. The molecule has 1 unspecified atom stereocenters. The van der Waals surface area contributed by atoms with Crippen LogP contribution in [-0.4, -0.2) is 53.7 Å². The Morgan fingerprint density at radius 1 is 0.975 bits per heavy atom. The Morgan fingerprint density at radius 2 is 1.62 bits per heavy atom. The number of alkyl carbamates (subject to hydrolysis) is 1. The first kappa shape index (κ1) is 32.5. The second-order valence-corrected chi connectivity index (χ2v) is 10.9. The molecule has 3 N–H and O–H groups in total. The standard InChI is InChI=1S/C31H45N3O6/c1-7-8-9-10-11-12-19-34(27(36)21-32-30(38)40-31(3,4)5)28(23-13-18-26(35)22(2)20-23)29(37)33-24-14-16-25(39-6)17-15-24/h13-18,20,28,35H,7-12,19,21H2,1-6H3,(H,32,38)(H,33,37). The van der Waals surface area contributed by atoms with Crippen molar-refractivity contribution in [3.05, 3.63) is 53.6 Å². The van der Waals surface area contributed by atoms with Crippen LogP contribution in [0.2, 0.25) is 0 Å². The van der Waals surface area contributed by atoms with Crippen LogP contribution in [0.5, 0.6) is 11.5 Å². The molecule has 0 bridgehead atoms. The Morgan fingerprint density at radius 3 is 2.23 bits per heavy atom. The van der Waals surface area contributed by atoms with Crippen LogP contribution in [0.4, 0.5) is 10.5 Å². The number of aromatic hydroxyl groups is 1. The van der Waals surface area contributed by atoms with Gasteiger partial charge < -0.3 is 30.1 Å². The summed E-state index contributed by atoms with van der Waals surface area (Å²) < 4.78 is 10.5. The normalized spacial score (nSPS) is 11.8. The molecule has 0 saturated heterocycles. The molecule has 0 spiro atoms. The van der Waals surface area contributed by atoms with Gasteiger partial charge in [-0.2, -0.15) is 0 Å². The number of ether oxygens (including phenoxy) is 2. The molecule has 0 aliphatic heterocycles. The molecule has 0 saturated carbocycles. The van der Waals surface area contributed by atoms with Gasteiger partial charge in [0.05, 0.1) is 7.11 Å². The molecule has 2 rings (SSSR count). The van der Waals surface area contributed by atoms with E-state index >= 15 is 0 Å². The van der Waals surface area contributed by atoms with Crippen LogP contribution in [0.15, 0.2) is 42.5 Å². The van der Waals surface area contributed by atoms with Gasteiger partial charge in [-0.05, 0) is 81.6 Å². The van der Waals surface area contributed by atoms with E-state index in [1.54, 1.807) is 71.2 Å². The van der Waals surface area contributed by atoms with Crippen molar-refractivity contribution in [3.63, 3.8) is 0 Å². The lowest BCUT2D eigenvalue weighted by molar-refractivity contribution is -0.138. The maximum atomic E-state index is 13.8. The fourth-order valence-corrected chi connectivity index (χ4v) is 4.23. The minimum atomic E-state index is -0.995. The number of benzene rings is 2. The maximum absolute atomic E-state index is 13.8. The number of carbonyl (C=O) groups is 3. The van der Waals surface area contributed by atoms with E-state index in [9.17, 15) is 19.5 Å². The first-order valence-corrected chi connectivity index (χ1v) is 14.0. The van der Waals surface area contributed by atoms with E-state index in [2.05, 4.69) is 17.6 Å². The fraction of sp³-hybridized carbons (Fsp3) is 0.516. The smallest absolute Gasteiger partial charge is 0.408 e. The third-order valence-electron chi connectivity index (χ3n) is 6.31. The molecule has 1 atom stereocenters. The minimum absolute atomic E-state index is 0.0958. The Bertz CT molecular complexity index is 1110. The molecule has 0 aromatic heterocycles. The van der Waals surface area contributed by atoms with Gasteiger partial charge in [0, 0.05) is 12.2 Å². The Balaban J connectivity index is 2.36. The summed E-state index contributed by atoms with van der Waals surface area (Å²) in [5.74, 6) is -0.0813. The number of rotatable bonds is 14. The molecule has 2 aromatic rings. The van der Waals surface area contributed by atoms with Gasteiger partial charge in [-0.3, -0.25) is 9.59 Å². The predicted molar refractivity (Wildman–Crippen MR) is 157 cm³/mol. The second kappa shape index (κ2) is 15.7. The predicted octanol–water partition coefficient (Wildman–Crippen LogP) is 6.10. The van der Waals surface area contributed by atoms with Crippen molar-refractivity contribution in [1.29, 1.82) is 0 Å². The van der Waals surface area contributed by atoms with E-state index in [0.717, 1.165) is 32.1 Å². The summed E-state index contributed by atoms with van der Waals surface area (Å²) in [7, 11) is 1.56. The molecular weight excluding hydrogens is 510 g/mol. The molecular formula is C31H45N3O6. The number of carbonyl (C=O) groups excluding carboxylic acids is 3.